The van der Waals surface area contributed by atoms with Gasteiger partial charge in [0.1, 0.15) is 6.10 Å². The number of carboxylic acid groups (broad SMARTS) is 1. The lowest BCUT2D eigenvalue weighted by atomic mass is 9.78. The molecule has 0 saturated carbocycles. The van der Waals surface area contributed by atoms with Crippen molar-refractivity contribution < 1.29 is 24.3 Å². The van der Waals surface area contributed by atoms with E-state index in [-0.39, 0.29) is 23.8 Å². The number of ketones is 1. The highest BCUT2D eigenvalue weighted by Crippen LogP contribution is 2.36. The minimum absolute atomic E-state index is 0.106. The predicted molar refractivity (Wildman–Crippen MR) is 123 cm³/mol. The molecule has 3 aromatic rings. The first kappa shape index (κ1) is 22.4. The quantitative estimate of drug-likeness (QED) is 0.302. The molecule has 2 N–H and O–H groups in total. The zero-order valence-electron chi connectivity index (χ0n) is 18.1. The molecule has 6 nitrogen and oxygen atoms in total. The lowest BCUT2D eigenvalue weighted by Gasteiger charge is -2.27. The third-order valence-electron chi connectivity index (χ3n) is 6.00. The molecule has 6 heteroatoms. The van der Waals surface area contributed by atoms with Gasteiger partial charge in [0.25, 0.3) is 5.78 Å². The van der Waals surface area contributed by atoms with Crippen molar-refractivity contribution >= 4 is 17.7 Å². The van der Waals surface area contributed by atoms with E-state index < -0.39 is 17.9 Å². The molecule has 4 rings (SSSR count). The van der Waals surface area contributed by atoms with Crippen molar-refractivity contribution in [3.63, 3.8) is 0 Å². The van der Waals surface area contributed by atoms with Gasteiger partial charge in [-0.3, -0.25) is 14.4 Å². The van der Waals surface area contributed by atoms with Crippen LogP contribution in [0, 0.1) is 0 Å². The molecule has 0 bridgehead atoms. The Hall–Kier alpha value is -3.77. The largest absolute Gasteiger partial charge is 0.475 e. The van der Waals surface area contributed by atoms with E-state index in [1.807, 2.05) is 66.7 Å². The molecule has 1 aliphatic carbocycles. The van der Waals surface area contributed by atoms with E-state index in [1.165, 1.54) is 0 Å². The monoisotopic (exact) mass is 443 g/mol. The normalized spacial score (nSPS) is 15.0. The van der Waals surface area contributed by atoms with Gasteiger partial charge in [0.15, 0.2) is 0 Å². The summed E-state index contributed by atoms with van der Waals surface area (Å²) in [5.74, 6) is -2.75. The molecule has 0 aromatic heterocycles. The first-order valence-corrected chi connectivity index (χ1v) is 11.0. The van der Waals surface area contributed by atoms with Crippen molar-refractivity contribution in [2.75, 3.05) is 0 Å². The Kier molecular flexibility index (Phi) is 6.95. The Morgan fingerprint density at radius 2 is 1.55 bits per heavy atom. The van der Waals surface area contributed by atoms with Crippen LogP contribution in [0.25, 0.3) is 0 Å². The second-order valence-corrected chi connectivity index (χ2v) is 8.15. The van der Waals surface area contributed by atoms with Crippen LogP contribution in [0.1, 0.15) is 63.9 Å². The van der Waals surface area contributed by atoms with Crippen LogP contribution >= 0.6 is 0 Å². The van der Waals surface area contributed by atoms with Crippen LogP contribution in [0.5, 0.6) is 0 Å². The van der Waals surface area contributed by atoms with Gasteiger partial charge in [-0.2, -0.15) is 0 Å². The smallest absolute Gasteiger partial charge is 0.377 e. The van der Waals surface area contributed by atoms with Crippen LogP contribution in [0.4, 0.5) is 0 Å². The lowest BCUT2D eigenvalue weighted by Crippen LogP contribution is -2.29. The SMILES string of the molecule is O=C(CC1CCCc2c(C(=O)C(=O)O)cccc21)NOC(c1ccccc1)c1ccccc1. The minimum atomic E-state index is -1.47. The number of rotatable bonds is 8. The Labute approximate surface area is 192 Å². The second-order valence-electron chi connectivity index (χ2n) is 8.15. The maximum Gasteiger partial charge on any atom is 0.377 e. The van der Waals surface area contributed by atoms with Crippen molar-refractivity contribution in [1.29, 1.82) is 0 Å². The Morgan fingerprint density at radius 1 is 0.909 bits per heavy atom. The molecule has 1 amide bonds. The van der Waals surface area contributed by atoms with E-state index in [0.29, 0.717) is 6.42 Å². The summed E-state index contributed by atoms with van der Waals surface area (Å²) in [4.78, 5) is 42.0. The molecule has 1 unspecified atom stereocenters. The number of hydroxylamine groups is 1. The Balaban J connectivity index is 1.48. The second kappa shape index (κ2) is 10.2. The van der Waals surface area contributed by atoms with Gasteiger partial charge in [-0.1, -0.05) is 78.9 Å². The zero-order valence-corrected chi connectivity index (χ0v) is 18.1. The van der Waals surface area contributed by atoms with Gasteiger partial charge >= 0.3 is 5.97 Å². The summed E-state index contributed by atoms with van der Waals surface area (Å²) in [5, 5.41) is 9.13. The zero-order chi connectivity index (χ0) is 23.2. The first-order chi connectivity index (χ1) is 16.0. The van der Waals surface area contributed by atoms with Gasteiger partial charge in [0.2, 0.25) is 5.91 Å². The summed E-state index contributed by atoms with van der Waals surface area (Å²) in [6, 6.07) is 24.4. The molecular weight excluding hydrogens is 418 g/mol. The van der Waals surface area contributed by atoms with Gasteiger partial charge < -0.3 is 5.11 Å². The standard InChI is InChI=1S/C27H25NO5/c29-24(28-33-26(18-9-3-1-4-10-18)19-11-5-2-6-12-19)17-20-13-7-15-22-21(20)14-8-16-23(22)25(30)27(31)32/h1-6,8-12,14,16,20,26H,7,13,15,17H2,(H,28,29)(H,31,32). The number of benzene rings is 3. The van der Waals surface area contributed by atoms with E-state index in [9.17, 15) is 14.4 Å². The van der Waals surface area contributed by atoms with E-state index >= 15 is 0 Å². The third kappa shape index (κ3) is 5.18. The number of Topliss-reactive ketones (excluding diaryl/α,β-unsaturated/α-hetero) is 1. The molecule has 0 heterocycles. The number of fused-ring (bicyclic) bond motifs is 1. The molecule has 0 spiro atoms. The fourth-order valence-electron chi connectivity index (χ4n) is 4.46. The van der Waals surface area contributed by atoms with Crippen molar-refractivity contribution in [1.82, 2.24) is 5.48 Å². The van der Waals surface area contributed by atoms with Crippen molar-refractivity contribution in [2.45, 2.75) is 37.7 Å². The minimum Gasteiger partial charge on any atom is -0.475 e. The average Bonchev–Trinajstić information content (AvgIpc) is 2.85. The summed E-state index contributed by atoms with van der Waals surface area (Å²) in [6.45, 7) is 0. The number of carbonyl (C=O) groups excluding carboxylic acids is 2. The molecule has 1 aliphatic rings. The molecule has 33 heavy (non-hydrogen) atoms. The summed E-state index contributed by atoms with van der Waals surface area (Å²) >= 11 is 0. The molecule has 168 valence electrons. The molecule has 0 aliphatic heterocycles. The number of hydrogen-bond acceptors (Lipinski definition) is 4. The van der Waals surface area contributed by atoms with Gasteiger partial charge in [-0.05, 0) is 47.4 Å². The van der Waals surface area contributed by atoms with E-state index in [4.69, 9.17) is 9.94 Å². The summed E-state index contributed by atoms with van der Waals surface area (Å²) < 4.78 is 0. The van der Waals surface area contributed by atoms with E-state index in [1.54, 1.807) is 12.1 Å². The molecule has 0 saturated heterocycles. The fourth-order valence-corrected chi connectivity index (χ4v) is 4.46. The number of aliphatic carboxylic acids is 1. The fraction of sp³-hybridized carbons (Fsp3) is 0.222. The summed E-state index contributed by atoms with van der Waals surface area (Å²) in [7, 11) is 0. The van der Waals surface area contributed by atoms with Crippen LogP contribution in [0.3, 0.4) is 0 Å². The molecule has 3 aromatic carbocycles. The maximum absolute atomic E-state index is 12.8. The highest BCUT2D eigenvalue weighted by molar-refractivity contribution is 6.40. The topological polar surface area (TPSA) is 92.7 Å². The number of hydrogen-bond donors (Lipinski definition) is 2. The third-order valence-corrected chi connectivity index (χ3v) is 6.00. The van der Waals surface area contributed by atoms with Gasteiger partial charge in [0, 0.05) is 12.0 Å². The first-order valence-electron chi connectivity index (χ1n) is 11.0. The van der Waals surface area contributed by atoms with Crippen LogP contribution < -0.4 is 5.48 Å². The van der Waals surface area contributed by atoms with Crippen LogP contribution in [0.2, 0.25) is 0 Å². The predicted octanol–water partition coefficient (Wildman–Crippen LogP) is 4.60. The van der Waals surface area contributed by atoms with Crippen LogP contribution in [-0.4, -0.2) is 22.8 Å². The number of nitrogens with one attached hydrogen (secondary N) is 1. The number of carbonyl (C=O) groups is 3. The van der Waals surface area contributed by atoms with Gasteiger partial charge in [-0.25, -0.2) is 10.3 Å². The molecular formula is C27H25NO5. The maximum atomic E-state index is 12.8. The molecule has 0 fully saturated rings. The number of amides is 1. The van der Waals surface area contributed by atoms with Gasteiger partial charge in [-0.15, -0.1) is 0 Å². The Morgan fingerprint density at radius 3 is 2.15 bits per heavy atom. The highest BCUT2D eigenvalue weighted by atomic mass is 16.7. The van der Waals surface area contributed by atoms with Crippen molar-refractivity contribution in [3.05, 3.63) is 107 Å². The van der Waals surface area contributed by atoms with E-state index in [0.717, 1.165) is 35.1 Å². The summed E-state index contributed by atoms with van der Waals surface area (Å²) in [5.41, 5.74) is 6.28. The van der Waals surface area contributed by atoms with Crippen LogP contribution in [0.15, 0.2) is 78.9 Å². The Bertz CT molecular complexity index is 1100. The van der Waals surface area contributed by atoms with E-state index in [2.05, 4.69) is 5.48 Å². The number of carboxylic acids is 1. The molecule has 0 radical (unpaired) electrons. The van der Waals surface area contributed by atoms with Crippen LogP contribution in [-0.2, 0) is 20.8 Å². The highest BCUT2D eigenvalue weighted by Gasteiger charge is 2.28. The van der Waals surface area contributed by atoms with Crippen molar-refractivity contribution in [2.24, 2.45) is 0 Å². The van der Waals surface area contributed by atoms with Gasteiger partial charge in [0.05, 0.1) is 0 Å². The summed E-state index contributed by atoms with van der Waals surface area (Å²) in [6.07, 6.45) is 1.94. The lowest BCUT2D eigenvalue weighted by molar-refractivity contribution is -0.137. The average molecular weight is 443 g/mol. The van der Waals surface area contributed by atoms with Crippen molar-refractivity contribution in [3.8, 4) is 0 Å². The molecule has 1 atom stereocenters.